The van der Waals surface area contributed by atoms with E-state index in [1.165, 1.54) is 12.1 Å². The molecule has 0 unspecified atom stereocenters. The Morgan fingerprint density at radius 2 is 1.61 bits per heavy atom. The minimum absolute atomic E-state index is 0.0104. The van der Waals surface area contributed by atoms with Gasteiger partial charge in [-0.05, 0) is 36.4 Å². The average molecular weight is 477 g/mol. The fraction of sp³-hybridized carbons (Fsp3) is 0.0588. The number of nitrogen functional groups attached to an aromatic ring is 1. The molecule has 0 atom stereocenters. The number of aromatic nitrogens is 2. The van der Waals surface area contributed by atoms with Crippen LogP contribution in [-0.4, -0.2) is 9.97 Å². The lowest BCUT2D eigenvalue weighted by molar-refractivity contribution is -0.137. The molecule has 0 radical (unpaired) electrons. The molecule has 0 saturated carbocycles. The number of hydrogen-bond donors (Lipinski definition) is 3. The van der Waals surface area contributed by atoms with Crippen molar-refractivity contribution in [3.63, 3.8) is 0 Å². The van der Waals surface area contributed by atoms with Gasteiger partial charge >= 0.3 is 6.18 Å². The maximum absolute atomic E-state index is 14.0. The fourth-order valence-electron chi connectivity index (χ4n) is 2.24. The van der Waals surface area contributed by atoms with Gasteiger partial charge in [-0.1, -0.05) is 27.5 Å². The number of alkyl halides is 3. The van der Waals surface area contributed by atoms with Gasteiger partial charge in [-0.3, -0.25) is 0 Å². The Morgan fingerprint density at radius 1 is 0.964 bits per heavy atom. The molecule has 3 rings (SSSR count). The van der Waals surface area contributed by atoms with Crippen LogP contribution in [0.3, 0.4) is 0 Å². The van der Waals surface area contributed by atoms with Gasteiger partial charge in [0.15, 0.2) is 11.6 Å². The third-order valence-electron chi connectivity index (χ3n) is 3.61. The van der Waals surface area contributed by atoms with Crippen molar-refractivity contribution in [2.45, 2.75) is 6.18 Å². The predicted octanol–water partition coefficient (Wildman–Crippen LogP) is 6.12. The highest BCUT2D eigenvalue weighted by Crippen LogP contribution is 2.36. The smallest absolute Gasteiger partial charge is 0.393 e. The molecule has 0 bridgehead atoms. The third kappa shape index (κ3) is 4.45. The molecule has 0 saturated heterocycles. The lowest BCUT2D eigenvalue weighted by atomic mass is 10.2. The summed E-state index contributed by atoms with van der Waals surface area (Å²) in [5.74, 6) is -0.471. The van der Waals surface area contributed by atoms with Crippen molar-refractivity contribution in [3.05, 3.63) is 63.6 Å². The Kier molecular flexibility index (Phi) is 5.61. The van der Waals surface area contributed by atoms with E-state index in [2.05, 4.69) is 36.5 Å². The SMILES string of the molecule is Nc1c(Nc2ccc(Br)cc2F)ncnc1Nc1cc(C(F)(F)F)ccc1Cl. The Balaban J connectivity index is 1.92. The molecule has 28 heavy (non-hydrogen) atoms. The van der Waals surface area contributed by atoms with E-state index in [9.17, 15) is 17.6 Å². The zero-order valence-electron chi connectivity index (χ0n) is 13.8. The largest absolute Gasteiger partial charge is 0.416 e. The van der Waals surface area contributed by atoms with Crippen molar-refractivity contribution in [3.8, 4) is 0 Å². The molecule has 0 amide bonds. The molecule has 1 heterocycles. The first-order chi connectivity index (χ1) is 13.1. The average Bonchev–Trinajstić information content (AvgIpc) is 2.61. The summed E-state index contributed by atoms with van der Waals surface area (Å²) in [6, 6.07) is 7.15. The summed E-state index contributed by atoms with van der Waals surface area (Å²) in [6.07, 6.45) is -3.41. The van der Waals surface area contributed by atoms with Gasteiger partial charge < -0.3 is 16.4 Å². The van der Waals surface area contributed by atoms with E-state index in [-0.39, 0.29) is 33.7 Å². The molecule has 146 valence electrons. The monoisotopic (exact) mass is 475 g/mol. The van der Waals surface area contributed by atoms with Crippen LogP contribution < -0.4 is 16.4 Å². The molecule has 11 heteroatoms. The highest BCUT2D eigenvalue weighted by atomic mass is 79.9. The number of anilines is 5. The first-order valence-corrected chi connectivity index (χ1v) is 8.78. The zero-order chi connectivity index (χ0) is 20.5. The van der Waals surface area contributed by atoms with Crippen LogP contribution in [-0.2, 0) is 6.18 Å². The van der Waals surface area contributed by atoms with Gasteiger partial charge in [0, 0.05) is 4.47 Å². The number of benzene rings is 2. The predicted molar refractivity (Wildman–Crippen MR) is 104 cm³/mol. The molecule has 3 aromatic rings. The van der Waals surface area contributed by atoms with Crippen LogP contribution in [0.15, 0.2) is 47.2 Å². The van der Waals surface area contributed by atoms with Crippen molar-refractivity contribution >= 4 is 56.2 Å². The van der Waals surface area contributed by atoms with Crippen molar-refractivity contribution in [1.82, 2.24) is 9.97 Å². The van der Waals surface area contributed by atoms with E-state index in [0.717, 1.165) is 24.5 Å². The van der Waals surface area contributed by atoms with Crippen LogP contribution in [0.25, 0.3) is 0 Å². The zero-order valence-corrected chi connectivity index (χ0v) is 16.1. The Hall–Kier alpha value is -2.59. The van der Waals surface area contributed by atoms with Crippen LogP contribution >= 0.6 is 27.5 Å². The van der Waals surface area contributed by atoms with Gasteiger partial charge in [-0.2, -0.15) is 13.2 Å². The van der Waals surface area contributed by atoms with E-state index < -0.39 is 17.6 Å². The van der Waals surface area contributed by atoms with E-state index in [0.29, 0.717) is 4.47 Å². The highest BCUT2D eigenvalue weighted by Gasteiger charge is 2.31. The molecular formula is C17H11BrClF4N5. The minimum atomic E-state index is -4.54. The van der Waals surface area contributed by atoms with Gasteiger partial charge in [-0.15, -0.1) is 0 Å². The van der Waals surface area contributed by atoms with E-state index in [1.54, 1.807) is 6.07 Å². The normalized spacial score (nSPS) is 11.4. The molecule has 1 aromatic heterocycles. The Labute approximate surface area is 170 Å². The molecule has 0 aliphatic carbocycles. The summed E-state index contributed by atoms with van der Waals surface area (Å²) in [7, 11) is 0. The quantitative estimate of drug-likeness (QED) is 0.396. The summed E-state index contributed by atoms with van der Waals surface area (Å²) in [5.41, 5.74) is 5.14. The van der Waals surface area contributed by atoms with Gasteiger partial charge in [0.25, 0.3) is 0 Å². The molecule has 2 aromatic carbocycles. The van der Waals surface area contributed by atoms with E-state index >= 15 is 0 Å². The van der Waals surface area contributed by atoms with Crippen molar-refractivity contribution in [2.75, 3.05) is 16.4 Å². The van der Waals surface area contributed by atoms with Crippen LogP contribution in [0.5, 0.6) is 0 Å². The number of nitrogens with two attached hydrogens (primary N) is 1. The number of hydrogen-bond acceptors (Lipinski definition) is 5. The molecular weight excluding hydrogens is 466 g/mol. The standard InChI is InChI=1S/C17H11BrClF4N5/c18-9-2-4-12(11(20)6-9)27-15-14(24)16(26-7-25-15)28-13-5-8(17(21,22)23)1-3-10(13)19/h1-7H,24H2,(H2,25,26,27,28). The maximum atomic E-state index is 14.0. The number of halogens is 6. The lowest BCUT2D eigenvalue weighted by Gasteiger charge is -2.15. The van der Waals surface area contributed by atoms with Crippen LogP contribution in [0.2, 0.25) is 5.02 Å². The number of nitrogens with one attached hydrogen (secondary N) is 2. The summed E-state index contributed by atoms with van der Waals surface area (Å²) < 4.78 is 53.3. The van der Waals surface area contributed by atoms with E-state index in [4.69, 9.17) is 17.3 Å². The van der Waals surface area contributed by atoms with Crippen LogP contribution in [0, 0.1) is 5.82 Å². The van der Waals surface area contributed by atoms with E-state index in [1.807, 2.05) is 0 Å². The lowest BCUT2D eigenvalue weighted by Crippen LogP contribution is -2.08. The first-order valence-electron chi connectivity index (χ1n) is 7.61. The third-order valence-corrected chi connectivity index (χ3v) is 4.44. The summed E-state index contributed by atoms with van der Waals surface area (Å²) in [4.78, 5) is 7.86. The second kappa shape index (κ2) is 7.80. The second-order valence-corrected chi connectivity index (χ2v) is 6.87. The van der Waals surface area contributed by atoms with Gasteiger partial charge in [-0.25, -0.2) is 14.4 Å². The summed E-state index contributed by atoms with van der Waals surface area (Å²) >= 11 is 9.12. The topological polar surface area (TPSA) is 75.9 Å². The summed E-state index contributed by atoms with van der Waals surface area (Å²) in [5, 5.41) is 5.41. The molecule has 5 nitrogen and oxygen atoms in total. The maximum Gasteiger partial charge on any atom is 0.416 e. The molecule has 0 aliphatic heterocycles. The Morgan fingerprint density at radius 3 is 2.21 bits per heavy atom. The van der Waals surface area contributed by atoms with Crippen LogP contribution in [0.4, 0.5) is 46.3 Å². The Bertz CT molecular complexity index is 1030. The molecule has 0 spiro atoms. The minimum Gasteiger partial charge on any atom is -0.393 e. The number of rotatable bonds is 4. The van der Waals surface area contributed by atoms with Crippen molar-refractivity contribution < 1.29 is 17.6 Å². The highest BCUT2D eigenvalue weighted by molar-refractivity contribution is 9.10. The van der Waals surface area contributed by atoms with Crippen molar-refractivity contribution in [2.24, 2.45) is 0 Å². The van der Waals surface area contributed by atoms with Gasteiger partial charge in [0.1, 0.15) is 17.8 Å². The number of nitrogens with zero attached hydrogens (tertiary/aromatic N) is 2. The summed E-state index contributed by atoms with van der Waals surface area (Å²) in [6.45, 7) is 0. The molecule has 4 N–H and O–H groups in total. The molecule has 0 fully saturated rings. The van der Waals surface area contributed by atoms with Crippen molar-refractivity contribution in [1.29, 1.82) is 0 Å². The second-order valence-electron chi connectivity index (χ2n) is 5.55. The van der Waals surface area contributed by atoms with Crippen LogP contribution in [0.1, 0.15) is 5.56 Å². The van der Waals surface area contributed by atoms with Gasteiger partial charge in [0.05, 0.1) is 22.0 Å². The van der Waals surface area contributed by atoms with Gasteiger partial charge in [0.2, 0.25) is 0 Å². The first kappa shape index (κ1) is 20.2. The fourth-order valence-corrected chi connectivity index (χ4v) is 2.74. The molecule has 0 aliphatic rings.